The Bertz CT molecular complexity index is 1240. The smallest absolute Gasteiger partial charge is 0.343 e. The molecule has 0 aromatic heterocycles. The molecule has 6 heteroatoms. The molecule has 0 N–H and O–H groups in total. The fourth-order valence-corrected chi connectivity index (χ4v) is 5.41. The van der Waals surface area contributed by atoms with E-state index in [1.807, 2.05) is 6.92 Å². The second-order valence-electron chi connectivity index (χ2n) is 6.98. The first-order chi connectivity index (χ1) is 14.4. The summed E-state index contributed by atoms with van der Waals surface area (Å²) in [4.78, 5) is 25.6. The molecule has 0 spiro atoms. The van der Waals surface area contributed by atoms with Gasteiger partial charge in [-0.05, 0) is 30.2 Å². The first kappa shape index (κ1) is 19.8. The van der Waals surface area contributed by atoms with Crippen molar-refractivity contribution in [2.45, 2.75) is 12.2 Å². The highest BCUT2D eigenvalue weighted by atomic mass is 32.2. The molecule has 1 aliphatic heterocycles. The Kier molecular flexibility index (Phi) is 5.10. The third kappa shape index (κ3) is 3.46. The quantitative estimate of drug-likeness (QED) is 0.592. The van der Waals surface area contributed by atoms with Gasteiger partial charge in [-0.3, -0.25) is 4.79 Å². The van der Waals surface area contributed by atoms with Gasteiger partial charge in [0.2, 0.25) is 5.78 Å². The Morgan fingerprint density at radius 1 is 0.833 bits per heavy atom. The van der Waals surface area contributed by atoms with Crippen molar-refractivity contribution in [3.05, 3.63) is 113 Å². The maximum Gasteiger partial charge on any atom is 0.343 e. The maximum absolute atomic E-state index is 13.4. The minimum absolute atomic E-state index is 0.230. The van der Waals surface area contributed by atoms with Gasteiger partial charge in [-0.1, -0.05) is 78.4 Å². The van der Waals surface area contributed by atoms with Crippen molar-refractivity contribution >= 4 is 26.5 Å². The van der Waals surface area contributed by atoms with E-state index in [2.05, 4.69) is 0 Å². The Balaban J connectivity index is 1.84. The van der Waals surface area contributed by atoms with Gasteiger partial charge in [0.05, 0.1) is 5.56 Å². The standard InChI is InChI=1S/C24H18O5S/c1-16-12-14-19(15-13-16)24(26)29-21-20(25)22(17-8-4-2-5-9-17)30(27,28)23(21)18-10-6-3-7-11-18/h2-15,22H,1H3. The lowest BCUT2D eigenvalue weighted by molar-refractivity contribution is -0.117. The second-order valence-corrected chi connectivity index (χ2v) is 8.95. The molecule has 0 amide bonds. The number of benzene rings is 3. The van der Waals surface area contributed by atoms with Crippen LogP contribution in [0.4, 0.5) is 0 Å². The van der Waals surface area contributed by atoms with Crippen LogP contribution in [0.15, 0.2) is 90.7 Å². The number of rotatable bonds is 4. The first-order valence-electron chi connectivity index (χ1n) is 9.31. The molecule has 150 valence electrons. The molecule has 5 nitrogen and oxygen atoms in total. The van der Waals surface area contributed by atoms with E-state index in [9.17, 15) is 18.0 Å². The lowest BCUT2D eigenvalue weighted by Gasteiger charge is -2.10. The summed E-state index contributed by atoms with van der Waals surface area (Å²) in [7, 11) is -4.11. The number of carbonyl (C=O) groups is 2. The number of hydrogen-bond donors (Lipinski definition) is 0. The normalized spacial score (nSPS) is 17.8. The average Bonchev–Trinajstić information content (AvgIpc) is 2.94. The summed E-state index contributed by atoms with van der Waals surface area (Å²) in [5.74, 6) is -1.98. The second kappa shape index (κ2) is 7.72. The van der Waals surface area contributed by atoms with Crippen LogP contribution in [0.2, 0.25) is 0 Å². The van der Waals surface area contributed by atoms with E-state index in [0.717, 1.165) is 5.56 Å². The number of carbonyl (C=O) groups excluding carboxylic acids is 2. The van der Waals surface area contributed by atoms with Crippen LogP contribution in [0.1, 0.15) is 32.3 Å². The molecule has 0 radical (unpaired) electrons. The summed E-state index contributed by atoms with van der Waals surface area (Å²) in [6, 6.07) is 23.1. The molecule has 3 aromatic rings. The van der Waals surface area contributed by atoms with Gasteiger partial charge in [0.1, 0.15) is 4.91 Å². The number of ether oxygens (including phenoxy) is 1. The molecule has 0 fully saturated rings. The summed E-state index contributed by atoms with van der Waals surface area (Å²) >= 11 is 0. The third-order valence-electron chi connectivity index (χ3n) is 4.88. The molecule has 4 rings (SSSR count). The van der Waals surface area contributed by atoms with E-state index in [4.69, 9.17) is 4.74 Å². The first-order valence-corrected chi connectivity index (χ1v) is 10.9. The van der Waals surface area contributed by atoms with Crippen molar-refractivity contribution in [2.24, 2.45) is 0 Å². The minimum Gasteiger partial charge on any atom is -0.418 e. The van der Waals surface area contributed by atoms with Crippen molar-refractivity contribution in [2.75, 3.05) is 0 Å². The van der Waals surface area contributed by atoms with Gasteiger partial charge < -0.3 is 4.74 Å². The number of sulfone groups is 1. The number of esters is 1. The lowest BCUT2D eigenvalue weighted by atomic mass is 10.1. The highest BCUT2D eigenvalue weighted by Crippen LogP contribution is 2.44. The zero-order valence-corrected chi connectivity index (χ0v) is 16.9. The fourth-order valence-electron chi connectivity index (χ4n) is 3.40. The van der Waals surface area contributed by atoms with Gasteiger partial charge in [-0.15, -0.1) is 0 Å². The molecule has 1 aliphatic rings. The van der Waals surface area contributed by atoms with Crippen LogP contribution in [0.5, 0.6) is 0 Å². The molecule has 0 bridgehead atoms. The van der Waals surface area contributed by atoms with E-state index < -0.39 is 32.6 Å². The summed E-state index contributed by atoms with van der Waals surface area (Å²) in [6.07, 6.45) is 0. The SMILES string of the molecule is Cc1ccc(C(=O)OC2=C(c3ccccc3)S(=O)(=O)C(c3ccccc3)C2=O)cc1. The third-order valence-corrected chi connectivity index (χ3v) is 6.98. The van der Waals surface area contributed by atoms with Crippen LogP contribution in [-0.2, 0) is 19.4 Å². The zero-order valence-electron chi connectivity index (χ0n) is 16.1. The predicted octanol–water partition coefficient (Wildman–Crippen LogP) is 4.26. The van der Waals surface area contributed by atoms with Gasteiger partial charge in [-0.25, -0.2) is 13.2 Å². The predicted molar refractivity (Wildman–Crippen MR) is 113 cm³/mol. The average molecular weight is 418 g/mol. The molecule has 3 aromatic carbocycles. The Labute approximate surface area is 174 Å². The summed E-state index contributed by atoms with van der Waals surface area (Å²) in [5.41, 5.74) is 1.82. The molecule has 0 aliphatic carbocycles. The van der Waals surface area contributed by atoms with E-state index in [1.54, 1.807) is 84.9 Å². The van der Waals surface area contributed by atoms with Crippen LogP contribution < -0.4 is 0 Å². The summed E-state index contributed by atoms with van der Waals surface area (Å²) in [6.45, 7) is 1.88. The Hall–Kier alpha value is -3.51. The molecular formula is C24H18O5S. The van der Waals surface area contributed by atoms with E-state index in [1.165, 1.54) is 0 Å². The Morgan fingerprint density at radius 2 is 1.40 bits per heavy atom. The van der Waals surface area contributed by atoms with Crippen molar-refractivity contribution < 1.29 is 22.7 Å². The molecule has 1 heterocycles. The molecule has 30 heavy (non-hydrogen) atoms. The van der Waals surface area contributed by atoms with Gasteiger partial charge >= 0.3 is 5.97 Å². The summed E-state index contributed by atoms with van der Waals surface area (Å²) < 4.78 is 32.2. The van der Waals surface area contributed by atoms with Crippen molar-refractivity contribution in [1.82, 2.24) is 0 Å². The summed E-state index contributed by atoms with van der Waals surface area (Å²) in [5, 5.41) is -1.45. The molecular weight excluding hydrogens is 400 g/mol. The zero-order chi connectivity index (χ0) is 21.3. The van der Waals surface area contributed by atoms with Crippen LogP contribution in [0, 0.1) is 6.92 Å². The van der Waals surface area contributed by atoms with Gasteiger partial charge in [0.15, 0.2) is 20.8 Å². The highest BCUT2D eigenvalue weighted by molar-refractivity contribution is 8.02. The number of hydrogen-bond acceptors (Lipinski definition) is 5. The lowest BCUT2D eigenvalue weighted by Crippen LogP contribution is -2.17. The van der Waals surface area contributed by atoms with Crippen LogP contribution >= 0.6 is 0 Å². The molecule has 0 saturated carbocycles. The van der Waals surface area contributed by atoms with E-state index in [-0.39, 0.29) is 10.5 Å². The topological polar surface area (TPSA) is 77.5 Å². The van der Waals surface area contributed by atoms with Gasteiger partial charge in [-0.2, -0.15) is 0 Å². The monoisotopic (exact) mass is 418 g/mol. The van der Waals surface area contributed by atoms with E-state index >= 15 is 0 Å². The van der Waals surface area contributed by atoms with Crippen molar-refractivity contribution in [1.29, 1.82) is 0 Å². The minimum atomic E-state index is -4.11. The van der Waals surface area contributed by atoms with Crippen LogP contribution in [0.25, 0.3) is 4.91 Å². The number of aryl methyl sites for hydroxylation is 1. The number of ketones is 1. The van der Waals surface area contributed by atoms with Crippen LogP contribution in [0.3, 0.4) is 0 Å². The highest BCUT2D eigenvalue weighted by Gasteiger charge is 2.50. The van der Waals surface area contributed by atoms with Crippen LogP contribution in [-0.4, -0.2) is 20.2 Å². The van der Waals surface area contributed by atoms with Crippen molar-refractivity contribution in [3.63, 3.8) is 0 Å². The van der Waals surface area contributed by atoms with Gasteiger partial charge in [0.25, 0.3) is 0 Å². The largest absolute Gasteiger partial charge is 0.418 e. The van der Waals surface area contributed by atoms with Crippen molar-refractivity contribution in [3.8, 4) is 0 Å². The number of Topliss-reactive ketones (excluding diaryl/α,β-unsaturated/α-hetero) is 1. The Morgan fingerprint density at radius 3 is 2.00 bits per heavy atom. The number of allylic oxidation sites excluding steroid dienone is 1. The van der Waals surface area contributed by atoms with E-state index in [0.29, 0.717) is 11.1 Å². The fraction of sp³-hybridized carbons (Fsp3) is 0.0833. The molecule has 1 unspecified atom stereocenters. The molecule has 0 saturated heterocycles. The maximum atomic E-state index is 13.4. The molecule has 1 atom stereocenters. The van der Waals surface area contributed by atoms with Gasteiger partial charge in [0, 0.05) is 0 Å².